The molecule has 176 valence electrons. The Morgan fingerprint density at radius 1 is 1.09 bits per heavy atom. The molecule has 0 unspecified atom stereocenters. The highest BCUT2D eigenvalue weighted by Gasteiger charge is 2.12. The normalized spacial score (nSPS) is 12.0. The van der Waals surface area contributed by atoms with Crippen LogP contribution in [0.3, 0.4) is 0 Å². The molecule has 2 aromatic heterocycles. The van der Waals surface area contributed by atoms with Gasteiger partial charge in [-0.3, -0.25) is 9.59 Å². The minimum Gasteiger partial charge on any atom is -0.493 e. The predicted octanol–water partition coefficient (Wildman–Crippen LogP) is 3.39. The summed E-state index contributed by atoms with van der Waals surface area (Å²) in [6, 6.07) is 13.4. The second kappa shape index (κ2) is 10.2. The zero-order valence-corrected chi connectivity index (χ0v) is 20.5. The van der Waals surface area contributed by atoms with E-state index in [0.717, 1.165) is 34.4 Å². The standard InChI is InChI=1S/C26H27N3O4S/c1-16(2)11-12-33-21-10-9-19(14-22(21)32-4)15-23-25(31)29-26(34-23)27-24(30)20(28-29)13-18-7-5-17(3)6-8-18/h5-10,14-16H,11-13H2,1-4H3/b23-15+. The number of nitrogens with zero attached hydrogens (tertiary/aromatic N) is 3. The van der Waals surface area contributed by atoms with Crippen molar-refractivity contribution in [1.29, 1.82) is 0 Å². The zero-order valence-electron chi connectivity index (χ0n) is 19.7. The Bertz CT molecular complexity index is 1470. The summed E-state index contributed by atoms with van der Waals surface area (Å²) in [5, 5.41) is 4.32. The molecule has 0 aliphatic carbocycles. The number of ether oxygens (including phenoxy) is 2. The number of methoxy groups -OCH3 is 1. The Hall–Kier alpha value is -3.52. The molecule has 0 radical (unpaired) electrons. The lowest BCUT2D eigenvalue weighted by Gasteiger charge is -2.12. The van der Waals surface area contributed by atoms with Gasteiger partial charge in [0.2, 0.25) is 4.96 Å². The lowest BCUT2D eigenvalue weighted by Crippen LogP contribution is -2.28. The van der Waals surface area contributed by atoms with Gasteiger partial charge in [-0.2, -0.15) is 14.6 Å². The first kappa shape index (κ1) is 23.6. The molecule has 0 atom stereocenters. The van der Waals surface area contributed by atoms with E-state index in [4.69, 9.17) is 9.47 Å². The Balaban J connectivity index is 1.66. The molecule has 2 heterocycles. The van der Waals surface area contributed by atoms with E-state index >= 15 is 0 Å². The maximum Gasteiger partial charge on any atom is 0.296 e. The van der Waals surface area contributed by atoms with E-state index in [0.29, 0.717) is 35.0 Å². The zero-order chi connectivity index (χ0) is 24.2. The van der Waals surface area contributed by atoms with Crippen molar-refractivity contribution in [2.24, 2.45) is 5.92 Å². The van der Waals surface area contributed by atoms with Crippen LogP contribution < -0.4 is 25.1 Å². The van der Waals surface area contributed by atoms with Crippen LogP contribution in [0, 0.1) is 12.8 Å². The predicted molar refractivity (Wildman–Crippen MR) is 134 cm³/mol. The van der Waals surface area contributed by atoms with Crippen molar-refractivity contribution in [3.05, 3.63) is 90.1 Å². The molecule has 0 amide bonds. The molecule has 0 saturated carbocycles. The highest BCUT2D eigenvalue weighted by atomic mass is 32.1. The molecule has 4 aromatic rings. The van der Waals surface area contributed by atoms with Gasteiger partial charge in [-0.25, -0.2) is 0 Å². The van der Waals surface area contributed by atoms with Gasteiger partial charge in [-0.1, -0.05) is 61.1 Å². The number of aromatic nitrogens is 3. The van der Waals surface area contributed by atoms with Crippen molar-refractivity contribution in [3.63, 3.8) is 0 Å². The van der Waals surface area contributed by atoms with Crippen molar-refractivity contribution in [3.8, 4) is 11.5 Å². The Kier molecular flexibility index (Phi) is 7.07. The third kappa shape index (κ3) is 5.34. The van der Waals surface area contributed by atoms with Crippen molar-refractivity contribution >= 4 is 22.4 Å². The van der Waals surface area contributed by atoms with Gasteiger partial charge in [-0.15, -0.1) is 0 Å². The van der Waals surface area contributed by atoms with Crippen LogP contribution in [0.4, 0.5) is 0 Å². The number of hydrogen-bond donors (Lipinski definition) is 0. The number of aryl methyl sites for hydroxylation is 1. The summed E-state index contributed by atoms with van der Waals surface area (Å²) >= 11 is 1.13. The first-order valence-electron chi connectivity index (χ1n) is 11.1. The Morgan fingerprint density at radius 2 is 1.85 bits per heavy atom. The molecule has 0 saturated heterocycles. The van der Waals surface area contributed by atoms with Gasteiger partial charge in [0.1, 0.15) is 5.69 Å². The molecule has 0 N–H and O–H groups in total. The molecule has 2 aromatic carbocycles. The number of benzene rings is 2. The summed E-state index contributed by atoms with van der Waals surface area (Å²) in [4.78, 5) is 29.9. The van der Waals surface area contributed by atoms with E-state index in [-0.39, 0.29) is 16.2 Å². The third-order valence-corrected chi connectivity index (χ3v) is 6.34. The van der Waals surface area contributed by atoms with E-state index in [9.17, 15) is 9.59 Å². The fourth-order valence-electron chi connectivity index (χ4n) is 3.40. The van der Waals surface area contributed by atoms with Gasteiger partial charge in [0.25, 0.3) is 11.1 Å². The molecular weight excluding hydrogens is 450 g/mol. The van der Waals surface area contributed by atoms with Crippen LogP contribution in [0.2, 0.25) is 0 Å². The molecular formula is C26H27N3O4S. The fraction of sp³-hybridized carbons (Fsp3) is 0.308. The summed E-state index contributed by atoms with van der Waals surface area (Å²) in [6.07, 6.45) is 3.01. The average Bonchev–Trinajstić information content (AvgIpc) is 3.10. The average molecular weight is 478 g/mol. The number of hydrogen-bond acceptors (Lipinski definition) is 7. The summed E-state index contributed by atoms with van der Waals surface area (Å²) in [7, 11) is 1.59. The molecule has 8 heteroatoms. The van der Waals surface area contributed by atoms with Gasteiger partial charge >= 0.3 is 0 Å². The molecule has 0 bridgehead atoms. The van der Waals surface area contributed by atoms with Crippen LogP contribution in [0.15, 0.2) is 52.1 Å². The van der Waals surface area contributed by atoms with Crippen LogP contribution in [-0.2, 0) is 6.42 Å². The minimum absolute atomic E-state index is 0.243. The quantitative estimate of drug-likeness (QED) is 0.387. The summed E-state index contributed by atoms with van der Waals surface area (Å²) < 4.78 is 13.0. The van der Waals surface area contributed by atoms with E-state index < -0.39 is 5.56 Å². The van der Waals surface area contributed by atoms with Crippen LogP contribution in [-0.4, -0.2) is 28.3 Å². The van der Waals surface area contributed by atoms with Crippen molar-refractivity contribution in [2.75, 3.05) is 13.7 Å². The van der Waals surface area contributed by atoms with Crippen LogP contribution in [0.1, 0.15) is 42.7 Å². The van der Waals surface area contributed by atoms with Gasteiger partial charge in [0.15, 0.2) is 11.5 Å². The minimum atomic E-state index is -0.419. The van der Waals surface area contributed by atoms with E-state index in [1.807, 2.05) is 49.4 Å². The van der Waals surface area contributed by atoms with Crippen molar-refractivity contribution in [1.82, 2.24) is 14.6 Å². The van der Waals surface area contributed by atoms with Gasteiger partial charge in [-0.05, 0) is 48.6 Å². The first-order chi connectivity index (χ1) is 16.3. The monoisotopic (exact) mass is 477 g/mol. The second-order valence-corrected chi connectivity index (χ2v) is 9.59. The van der Waals surface area contributed by atoms with Crippen molar-refractivity contribution in [2.45, 2.75) is 33.6 Å². The van der Waals surface area contributed by atoms with Crippen LogP contribution in [0.5, 0.6) is 11.5 Å². The number of thiazole rings is 1. The molecule has 7 nitrogen and oxygen atoms in total. The number of fused-ring (bicyclic) bond motifs is 1. The van der Waals surface area contributed by atoms with E-state index in [1.54, 1.807) is 13.2 Å². The molecule has 0 spiro atoms. The highest BCUT2D eigenvalue weighted by Crippen LogP contribution is 2.28. The molecule has 4 rings (SSSR count). The van der Waals surface area contributed by atoms with Gasteiger partial charge in [0.05, 0.1) is 18.2 Å². The maximum atomic E-state index is 13.0. The maximum absolute atomic E-state index is 13.0. The van der Waals surface area contributed by atoms with E-state index in [1.165, 1.54) is 4.52 Å². The third-order valence-electron chi connectivity index (χ3n) is 5.38. The first-order valence-corrected chi connectivity index (χ1v) is 12.0. The van der Waals surface area contributed by atoms with Crippen molar-refractivity contribution < 1.29 is 9.47 Å². The summed E-state index contributed by atoms with van der Waals surface area (Å²) in [6.45, 7) is 6.90. The molecule has 0 aliphatic heterocycles. The van der Waals surface area contributed by atoms with E-state index in [2.05, 4.69) is 23.9 Å². The summed E-state index contributed by atoms with van der Waals surface area (Å²) in [5.74, 6) is 1.81. The highest BCUT2D eigenvalue weighted by molar-refractivity contribution is 7.15. The fourth-order valence-corrected chi connectivity index (χ4v) is 4.30. The largest absolute Gasteiger partial charge is 0.493 e. The smallest absolute Gasteiger partial charge is 0.296 e. The number of rotatable bonds is 8. The van der Waals surface area contributed by atoms with Gasteiger partial charge < -0.3 is 9.47 Å². The SMILES string of the molecule is COc1cc(/C=c2/sc3nc(=O)c(Cc4ccc(C)cc4)nn3c2=O)ccc1OCCC(C)C. The summed E-state index contributed by atoms with van der Waals surface area (Å²) in [5.41, 5.74) is 2.36. The van der Waals surface area contributed by atoms with Gasteiger partial charge in [0, 0.05) is 6.42 Å². The molecule has 34 heavy (non-hydrogen) atoms. The lowest BCUT2D eigenvalue weighted by molar-refractivity contribution is 0.273. The topological polar surface area (TPSA) is 82.8 Å². The molecule has 0 aliphatic rings. The molecule has 0 fully saturated rings. The van der Waals surface area contributed by atoms with Crippen LogP contribution in [0.25, 0.3) is 11.0 Å². The second-order valence-electron chi connectivity index (χ2n) is 8.58. The van der Waals surface area contributed by atoms with Crippen LogP contribution >= 0.6 is 11.3 Å². The Morgan fingerprint density at radius 3 is 2.56 bits per heavy atom. The lowest BCUT2D eigenvalue weighted by atomic mass is 10.1. The Labute approximate surface area is 201 Å².